The van der Waals surface area contributed by atoms with E-state index in [0.717, 1.165) is 27.8 Å². The van der Waals surface area contributed by atoms with Gasteiger partial charge in [-0.3, -0.25) is 4.90 Å². The molecule has 5 nitrogen and oxygen atoms in total. The molecule has 0 spiro atoms. The van der Waals surface area contributed by atoms with Gasteiger partial charge in [-0.2, -0.15) is 0 Å². The number of ether oxygens (including phenoxy) is 3. The molecule has 2 aromatic carbocycles. The van der Waals surface area contributed by atoms with E-state index >= 15 is 0 Å². The van der Waals surface area contributed by atoms with Crippen molar-refractivity contribution in [3.8, 4) is 5.75 Å². The Labute approximate surface area is 158 Å². The summed E-state index contributed by atoms with van der Waals surface area (Å²) in [6.07, 6.45) is -0.376. The van der Waals surface area contributed by atoms with Crippen molar-refractivity contribution in [1.82, 2.24) is 0 Å². The Morgan fingerprint density at radius 1 is 1.31 bits per heavy atom. The van der Waals surface area contributed by atoms with Crippen molar-refractivity contribution in [1.29, 1.82) is 0 Å². The summed E-state index contributed by atoms with van der Waals surface area (Å²) in [6.45, 7) is 6.16. The van der Waals surface area contributed by atoms with Gasteiger partial charge in [0.15, 0.2) is 6.79 Å². The Kier molecular flexibility index (Phi) is 5.30. The molecule has 0 saturated heterocycles. The number of amides is 1. The van der Waals surface area contributed by atoms with Crippen LogP contribution in [-0.4, -0.2) is 38.0 Å². The van der Waals surface area contributed by atoms with E-state index in [2.05, 4.69) is 0 Å². The van der Waals surface area contributed by atoms with Crippen molar-refractivity contribution < 1.29 is 19.0 Å². The van der Waals surface area contributed by atoms with Crippen molar-refractivity contribution >= 4 is 34.2 Å². The Bertz CT molecular complexity index is 815. The highest BCUT2D eigenvalue weighted by Crippen LogP contribution is 2.47. The summed E-state index contributed by atoms with van der Waals surface area (Å²) in [5.74, 6) is 1.07. The van der Waals surface area contributed by atoms with E-state index < -0.39 is 5.60 Å². The van der Waals surface area contributed by atoms with Gasteiger partial charge >= 0.3 is 6.09 Å². The number of hydrogen-bond donors (Lipinski definition) is 0. The molecule has 0 unspecified atom stereocenters. The van der Waals surface area contributed by atoms with Crippen LogP contribution in [0.5, 0.6) is 5.75 Å². The first-order valence-electron chi connectivity index (χ1n) is 8.59. The van der Waals surface area contributed by atoms with Gasteiger partial charge in [0.1, 0.15) is 11.4 Å². The second-order valence-electron chi connectivity index (χ2n) is 7.35. The fourth-order valence-electron chi connectivity index (χ4n) is 3.23. The third kappa shape index (κ3) is 3.60. The largest absolute Gasteiger partial charge is 0.467 e. The number of anilines is 1. The molecule has 0 bridgehead atoms. The lowest BCUT2D eigenvalue weighted by molar-refractivity contribution is 0.0515. The van der Waals surface area contributed by atoms with Gasteiger partial charge in [-0.05, 0) is 32.2 Å². The maximum Gasteiger partial charge on any atom is 0.414 e. The topological polar surface area (TPSA) is 48.0 Å². The quantitative estimate of drug-likeness (QED) is 0.561. The Balaban J connectivity index is 2.14. The van der Waals surface area contributed by atoms with E-state index in [1.165, 1.54) is 0 Å². The maximum atomic E-state index is 12.7. The molecule has 1 heterocycles. The van der Waals surface area contributed by atoms with E-state index in [1.54, 1.807) is 12.0 Å². The molecular formula is C20H24ClNO4. The van der Waals surface area contributed by atoms with E-state index in [4.69, 9.17) is 25.8 Å². The standard InChI is InChI=1S/C20H24ClNO4/c1-20(2,3)26-19(23)22-11-14(10-21)17-16(22)9-13-7-5-6-8-15(13)18(17)25-12-24-4/h5-9,14H,10-12H2,1-4H3/t14-/m1/s1. The van der Waals surface area contributed by atoms with Gasteiger partial charge in [0.05, 0.1) is 5.69 Å². The Hall–Kier alpha value is -1.98. The van der Waals surface area contributed by atoms with Gasteiger partial charge in [-0.15, -0.1) is 11.6 Å². The molecular weight excluding hydrogens is 354 g/mol. The van der Waals surface area contributed by atoms with Crippen LogP contribution in [-0.2, 0) is 9.47 Å². The fourth-order valence-corrected chi connectivity index (χ4v) is 3.49. The predicted octanol–water partition coefficient (Wildman–Crippen LogP) is 4.90. The summed E-state index contributed by atoms with van der Waals surface area (Å²) < 4.78 is 16.6. The molecule has 0 aliphatic carbocycles. The maximum absolute atomic E-state index is 12.7. The van der Waals surface area contributed by atoms with Crippen LogP contribution in [0.1, 0.15) is 32.3 Å². The van der Waals surface area contributed by atoms with Crippen LogP contribution >= 0.6 is 11.6 Å². The zero-order chi connectivity index (χ0) is 18.9. The molecule has 3 rings (SSSR count). The van der Waals surface area contributed by atoms with Gasteiger partial charge < -0.3 is 14.2 Å². The molecule has 0 saturated carbocycles. The molecule has 0 N–H and O–H groups in total. The van der Waals surface area contributed by atoms with Crippen LogP contribution in [0.25, 0.3) is 10.8 Å². The molecule has 1 aliphatic rings. The van der Waals surface area contributed by atoms with Crippen LogP contribution in [0.4, 0.5) is 10.5 Å². The summed E-state index contributed by atoms with van der Waals surface area (Å²) in [5, 5.41) is 1.96. The fraction of sp³-hybridized carbons (Fsp3) is 0.450. The average Bonchev–Trinajstić information content (AvgIpc) is 2.95. The van der Waals surface area contributed by atoms with Crippen molar-refractivity contribution in [3.63, 3.8) is 0 Å². The highest BCUT2D eigenvalue weighted by molar-refractivity contribution is 6.19. The minimum atomic E-state index is -0.567. The monoisotopic (exact) mass is 377 g/mol. The number of rotatable bonds is 4. The number of benzene rings is 2. The van der Waals surface area contributed by atoms with Crippen molar-refractivity contribution in [2.45, 2.75) is 32.3 Å². The molecule has 2 aromatic rings. The number of carbonyl (C=O) groups excluding carboxylic acids is 1. The van der Waals surface area contributed by atoms with Crippen molar-refractivity contribution in [2.24, 2.45) is 0 Å². The smallest absolute Gasteiger partial charge is 0.414 e. The van der Waals surface area contributed by atoms with Crippen LogP contribution in [0.3, 0.4) is 0 Å². The lowest BCUT2D eigenvalue weighted by atomic mass is 9.97. The number of nitrogens with zero attached hydrogens (tertiary/aromatic N) is 1. The third-order valence-corrected chi connectivity index (χ3v) is 4.61. The van der Waals surface area contributed by atoms with E-state index in [1.807, 2.05) is 51.1 Å². The zero-order valence-electron chi connectivity index (χ0n) is 15.5. The molecule has 0 fully saturated rings. The van der Waals surface area contributed by atoms with Crippen LogP contribution in [0.15, 0.2) is 30.3 Å². The van der Waals surface area contributed by atoms with Gasteiger partial charge in [0.2, 0.25) is 0 Å². The van der Waals surface area contributed by atoms with Gasteiger partial charge in [-0.25, -0.2) is 4.79 Å². The van der Waals surface area contributed by atoms with Gasteiger partial charge in [0, 0.05) is 36.4 Å². The van der Waals surface area contributed by atoms with Crippen LogP contribution < -0.4 is 9.64 Å². The third-order valence-electron chi connectivity index (χ3n) is 4.24. The number of carbonyl (C=O) groups is 1. The molecule has 140 valence electrons. The molecule has 6 heteroatoms. The molecule has 0 aromatic heterocycles. The second kappa shape index (κ2) is 7.33. The SMILES string of the molecule is COCOc1c2c(cc3ccccc13)N(C(=O)OC(C)(C)C)C[C@H]2CCl. The van der Waals surface area contributed by atoms with Crippen molar-refractivity contribution in [2.75, 3.05) is 31.2 Å². The predicted molar refractivity (Wildman–Crippen MR) is 103 cm³/mol. The Morgan fingerprint density at radius 3 is 2.69 bits per heavy atom. The molecule has 1 atom stereocenters. The van der Waals surface area contributed by atoms with E-state index in [9.17, 15) is 4.79 Å². The average molecular weight is 378 g/mol. The molecule has 0 radical (unpaired) electrons. The number of halogens is 1. The Morgan fingerprint density at radius 2 is 2.04 bits per heavy atom. The van der Waals surface area contributed by atoms with E-state index in [-0.39, 0.29) is 18.8 Å². The first-order valence-corrected chi connectivity index (χ1v) is 9.13. The molecule has 26 heavy (non-hydrogen) atoms. The number of methoxy groups -OCH3 is 1. The number of alkyl halides is 1. The number of hydrogen-bond acceptors (Lipinski definition) is 4. The lowest BCUT2D eigenvalue weighted by Gasteiger charge is -2.25. The summed E-state index contributed by atoms with van der Waals surface area (Å²) in [7, 11) is 1.58. The minimum Gasteiger partial charge on any atom is -0.467 e. The minimum absolute atomic E-state index is 0.0318. The summed E-state index contributed by atoms with van der Waals surface area (Å²) >= 11 is 6.23. The zero-order valence-corrected chi connectivity index (χ0v) is 16.3. The lowest BCUT2D eigenvalue weighted by Crippen LogP contribution is -2.36. The van der Waals surface area contributed by atoms with Crippen LogP contribution in [0, 0.1) is 0 Å². The summed E-state index contributed by atoms with van der Waals surface area (Å²) in [4.78, 5) is 14.4. The normalized spacial score (nSPS) is 16.7. The highest BCUT2D eigenvalue weighted by atomic mass is 35.5. The van der Waals surface area contributed by atoms with Crippen LogP contribution in [0.2, 0.25) is 0 Å². The highest BCUT2D eigenvalue weighted by Gasteiger charge is 2.37. The summed E-state index contributed by atoms with van der Waals surface area (Å²) in [6, 6.07) is 9.92. The number of fused-ring (bicyclic) bond motifs is 2. The molecule has 1 aliphatic heterocycles. The van der Waals surface area contributed by atoms with Gasteiger partial charge in [-0.1, -0.05) is 24.3 Å². The van der Waals surface area contributed by atoms with Crippen molar-refractivity contribution in [3.05, 3.63) is 35.9 Å². The summed E-state index contributed by atoms with van der Waals surface area (Å²) in [5.41, 5.74) is 1.15. The first kappa shape index (κ1) is 18.8. The van der Waals surface area contributed by atoms with Gasteiger partial charge in [0.25, 0.3) is 0 Å². The first-order chi connectivity index (χ1) is 12.4. The molecule has 1 amide bonds. The second-order valence-corrected chi connectivity index (χ2v) is 7.66. The van der Waals surface area contributed by atoms with E-state index in [0.29, 0.717) is 12.4 Å².